The van der Waals surface area contributed by atoms with Crippen molar-refractivity contribution in [2.45, 2.75) is 19.4 Å². The molecule has 1 saturated heterocycles. The van der Waals surface area contributed by atoms with Gasteiger partial charge in [0.15, 0.2) is 0 Å². The summed E-state index contributed by atoms with van der Waals surface area (Å²) < 4.78 is 0. The highest BCUT2D eigenvalue weighted by Crippen LogP contribution is 2.27. The molecule has 17 heavy (non-hydrogen) atoms. The number of hydrogen-bond acceptors (Lipinski definition) is 2. The van der Waals surface area contributed by atoms with Gasteiger partial charge >= 0.3 is 0 Å². The Balaban J connectivity index is 1.98. The zero-order valence-corrected chi connectivity index (χ0v) is 11.3. The number of piperidine rings is 1. The number of rotatable bonds is 3. The predicted octanol–water partition coefficient (Wildman–Crippen LogP) is 3.16. The Kier molecular flexibility index (Phi) is 4.69. The van der Waals surface area contributed by atoms with Crippen LogP contribution in [0.3, 0.4) is 0 Å². The molecule has 0 aromatic heterocycles. The third-order valence-corrected chi connectivity index (χ3v) is 4.19. The number of halogens is 2. The first kappa shape index (κ1) is 13.2. The maximum Gasteiger partial charge on any atom is 0.0465 e. The highest BCUT2D eigenvalue weighted by molar-refractivity contribution is 6.35. The number of benzene rings is 1. The number of nitrogens with zero attached hydrogens (tertiary/aromatic N) is 1. The van der Waals surface area contributed by atoms with Gasteiger partial charge in [0.25, 0.3) is 0 Å². The van der Waals surface area contributed by atoms with Gasteiger partial charge in [0.1, 0.15) is 0 Å². The summed E-state index contributed by atoms with van der Waals surface area (Å²) in [6.07, 6.45) is 2.36. The van der Waals surface area contributed by atoms with Gasteiger partial charge in [0, 0.05) is 22.2 Å². The van der Waals surface area contributed by atoms with Crippen LogP contribution in [-0.2, 0) is 6.54 Å². The van der Waals surface area contributed by atoms with E-state index in [4.69, 9.17) is 28.9 Å². The molecule has 0 radical (unpaired) electrons. The second-order valence-electron chi connectivity index (χ2n) is 4.66. The zero-order chi connectivity index (χ0) is 12.3. The molecule has 0 aliphatic carbocycles. The van der Waals surface area contributed by atoms with Crippen molar-refractivity contribution < 1.29 is 0 Å². The molecule has 94 valence electrons. The molecule has 0 spiro atoms. The Morgan fingerprint density at radius 3 is 2.29 bits per heavy atom. The summed E-state index contributed by atoms with van der Waals surface area (Å²) in [6.45, 7) is 3.82. The molecule has 1 aromatic carbocycles. The summed E-state index contributed by atoms with van der Waals surface area (Å²) in [5.74, 6) is 0.688. The van der Waals surface area contributed by atoms with Crippen LogP contribution in [0.2, 0.25) is 10.0 Å². The molecular weight excluding hydrogens is 255 g/mol. The molecular formula is C13H18Cl2N2. The quantitative estimate of drug-likeness (QED) is 0.916. The topological polar surface area (TPSA) is 29.3 Å². The van der Waals surface area contributed by atoms with Gasteiger partial charge in [-0.2, -0.15) is 0 Å². The SMILES string of the molecule is NCC1CCN(Cc2c(Cl)cccc2Cl)CC1. The van der Waals surface area contributed by atoms with E-state index in [0.29, 0.717) is 5.92 Å². The third-order valence-electron chi connectivity index (χ3n) is 3.48. The van der Waals surface area contributed by atoms with Crippen molar-refractivity contribution in [1.29, 1.82) is 0 Å². The summed E-state index contributed by atoms with van der Waals surface area (Å²) in [5, 5.41) is 1.52. The van der Waals surface area contributed by atoms with E-state index in [2.05, 4.69) is 4.90 Å². The molecule has 1 fully saturated rings. The van der Waals surface area contributed by atoms with Crippen LogP contribution in [-0.4, -0.2) is 24.5 Å². The largest absolute Gasteiger partial charge is 0.330 e. The first-order chi connectivity index (χ1) is 8.20. The number of nitrogens with two attached hydrogens (primary N) is 1. The Morgan fingerprint density at radius 2 is 1.76 bits per heavy atom. The molecule has 1 aliphatic rings. The normalized spacial score (nSPS) is 18.5. The average molecular weight is 273 g/mol. The lowest BCUT2D eigenvalue weighted by Crippen LogP contribution is -2.35. The van der Waals surface area contributed by atoms with Crippen LogP contribution in [0.4, 0.5) is 0 Å². The minimum absolute atomic E-state index is 0.688. The third kappa shape index (κ3) is 3.35. The Bertz CT molecular complexity index is 353. The maximum atomic E-state index is 6.17. The molecule has 1 aromatic rings. The Morgan fingerprint density at radius 1 is 1.18 bits per heavy atom. The molecule has 2 N–H and O–H groups in total. The van der Waals surface area contributed by atoms with E-state index in [-0.39, 0.29) is 0 Å². The fourth-order valence-electron chi connectivity index (χ4n) is 2.29. The van der Waals surface area contributed by atoms with E-state index in [1.165, 1.54) is 12.8 Å². The van der Waals surface area contributed by atoms with Gasteiger partial charge in [-0.1, -0.05) is 29.3 Å². The van der Waals surface area contributed by atoms with Crippen LogP contribution in [0.25, 0.3) is 0 Å². The summed E-state index contributed by atoms with van der Waals surface area (Å²) in [4.78, 5) is 2.40. The Labute approximate surface area is 113 Å². The van der Waals surface area contributed by atoms with E-state index >= 15 is 0 Å². The minimum Gasteiger partial charge on any atom is -0.330 e. The lowest BCUT2D eigenvalue weighted by atomic mass is 9.97. The Hall–Kier alpha value is -0.280. The standard InChI is InChI=1S/C13H18Cl2N2/c14-12-2-1-3-13(15)11(12)9-17-6-4-10(8-16)5-7-17/h1-3,10H,4-9,16H2. The smallest absolute Gasteiger partial charge is 0.0465 e. The molecule has 2 rings (SSSR count). The van der Waals surface area contributed by atoms with Crippen LogP contribution < -0.4 is 5.73 Å². The van der Waals surface area contributed by atoms with E-state index in [9.17, 15) is 0 Å². The average Bonchev–Trinajstić information content (AvgIpc) is 2.35. The van der Waals surface area contributed by atoms with Gasteiger partial charge in [0.05, 0.1) is 0 Å². The molecule has 1 heterocycles. The summed E-state index contributed by atoms with van der Waals surface area (Å²) >= 11 is 12.3. The van der Waals surface area contributed by atoms with E-state index in [0.717, 1.165) is 41.8 Å². The van der Waals surface area contributed by atoms with Crippen molar-refractivity contribution in [1.82, 2.24) is 4.90 Å². The molecule has 1 aliphatic heterocycles. The van der Waals surface area contributed by atoms with E-state index < -0.39 is 0 Å². The van der Waals surface area contributed by atoms with Crippen molar-refractivity contribution in [3.8, 4) is 0 Å². The fraction of sp³-hybridized carbons (Fsp3) is 0.538. The second-order valence-corrected chi connectivity index (χ2v) is 5.47. The second kappa shape index (κ2) is 6.05. The molecule has 0 atom stereocenters. The summed E-state index contributed by atoms with van der Waals surface area (Å²) in [6, 6.07) is 5.68. The molecule has 0 bridgehead atoms. The highest BCUT2D eigenvalue weighted by Gasteiger charge is 2.19. The molecule has 0 saturated carbocycles. The zero-order valence-electron chi connectivity index (χ0n) is 9.83. The van der Waals surface area contributed by atoms with Crippen molar-refractivity contribution in [3.05, 3.63) is 33.8 Å². The van der Waals surface area contributed by atoms with Crippen LogP contribution in [0.5, 0.6) is 0 Å². The monoisotopic (exact) mass is 272 g/mol. The molecule has 2 nitrogen and oxygen atoms in total. The van der Waals surface area contributed by atoms with Gasteiger partial charge < -0.3 is 5.73 Å². The summed E-state index contributed by atoms with van der Waals surface area (Å²) in [7, 11) is 0. The van der Waals surface area contributed by atoms with Crippen molar-refractivity contribution in [2.75, 3.05) is 19.6 Å². The van der Waals surface area contributed by atoms with Gasteiger partial charge in [0.2, 0.25) is 0 Å². The fourth-order valence-corrected chi connectivity index (χ4v) is 2.80. The first-order valence-corrected chi connectivity index (χ1v) is 6.81. The van der Waals surface area contributed by atoms with Crippen LogP contribution in [0.15, 0.2) is 18.2 Å². The van der Waals surface area contributed by atoms with Gasteiger partial charge in [-0.25, -0.2) is 0 Å². The maximum absolute atomic E-state index is 6.17. The molecule has 4 heteroatoms. The van der Waals surface area contributed by atoms with E-state index in [1.54, 1.807) is 0 Å². The number of hydrogen-bond donors (Lipinski definition) is 1. The minimum atomic E-state index is 0.688. The predicted molar refractivity (Wildman–Crippen MR) is 73.5 cm³/mol. The summed E-state index contributed by atoms with van der Waals surface area (Å²) in [5.41, 5.74) is 6.73. The number of likely N-dealkylation sites (tertiary alicyclic amines) is 1. The van der Waals surface area contributed by atoms with Crippen molar-refractivity contribution in [3.63, 3.8) is 0 Å². The van der Waals surface area contributed by atoms with Crippen molar-refractivity contribution >= 4 is 23.2 Å². The molecule has 0 unspecified atom stereocenters. The van der Waals surface area contributed by atoms with Crippen LogP contribution in [0.1, 0.15) is 18.4 Å². The van der Waals surface area contributed by atoms with Crippen molar-refractivity contribution in [2.24, 2.45) is 11.7 Å². The lowest BCUT2D eigenvalue weighted by molar-refractivity contribution is 0.180. The molecule has 0 amide bonds. The first-order valence-electron chi connectivity index (χ1n) is 6.06. The van der Waals surface area contributed by atoms with Crippen LogP contribution in [0, 0.1) is 5.92 Å². The van der Waals surface area contributed by atoms with Gasteiger partial charge in [-0.15, -0.1) is 0 Å². The van der Waals surface area contributed by atoms with E-state index in [1.807, 2.05) is 18.2 Å². The van der Waals surface area contributed by atoms with Gasteiger partial charge in [-0.05, 0) is 50.5 Å². The highest BCUT2D eigenvalue weighted by atomic mass is 35.5. The van der Waals surface area contributed by atoms with Crippen LogP contribution >= 0.6 is 23.2 Å². The lowest BCUT2D eigenvalue weighted by Gasteiger charge is -2.31. The van der Waals surface area contributed by atoms with Gasteiger partial charge in [-0.3, -0.25) is 4.90 Å².